The Morgan fingerprint density at radius 2 is 1.97 bits per heavy atom. The normalized spacial score (nSPS) is 11.2. The van der Waals surface area contributed by atoms with Crippen molar-refractivity contribution in [2.45, 2.75) is 6.54 Å². The molecule has 0 unspecified atom stereocenters. The van der Waals surface area contributed by atoms with Gasteiger partial charge in [0.15, 0.2) is 5.13 Å². The topological polar surface area (TPSA) is 61.9 Å². The maximum absolute atomic E-state index is 13.6. The molecule has 29 heavy (non-hydrogen) atoms. The van der Waals surface area contributed by atoms with E-state index in [0.717, 1.165) is 16.6 Å². The average molecular weight is 402 g/mol. The maximum atomic E-state index is 13.6. The molecule has 0 spiro atoms. The van der Waals surface area contributed by atoms with Crippen LogP contribution in [-0.4, -0.2) is 20.9 Å². The first-order valence-electron chi connectivity index (χ1n) is 9.03. The zero-order chi connectivity index (χ0) is 19.8. The molecule has 0 aliphatic carbocycles. The highest BCUT2D eigenvalue weighted by atomic mass is 32.1. The summed E-state index contributed by atoms with van der Waals surface area (Å²) in [5.41, 5.74) is 2.84. The second-order valence-electron chi connectivity index (χ2n) is 6.57. The molecule has 3 heterocycles. The smallest absolute Gasteiger partial charge is 0.262 e. The lowest BCUT2D eigenvalue weighted by atomic mass is 10.1. The third-order valence-corrected chi connectivity index (χ3v) is 5.72. The van der Waals surface area contributed by atoms with Crippen LogP contribution in [0.1, 0.15) is 16.1 Å². The van der Waals surface area contributed by atoms with Crippen molar-refractivity contribution in [2.24, 2.45) is 0 Å². The number of carbonyl (C=O) groups is 1. The molecule has 5 aromatic rings. The van der Waals surface area contributed by atoms with Crippen LogP contribution >= 0.6 is 11.3 Å². The van der Waals surface area contributed by atoms with E-state index >= 15 is 0 Å². The molecule has 0 fully saturated rings. The molecule has 0 bridgehead atoms. The summed E-state index contributed by atoms with van der Waals surface area (Å²) in [6.45, 7) is 0.265. The van der Waals surface area contributed by atoms with Crippen LogP contribution in [0, 0.1) is 5.82 Å². The minimum atomic E-state index is -0.327. The Morgan fingerprint density at radius 1 is 1.10 bits per heavy atom. The van der Waals surface area contributed by atoms with Crippen LogP contribution in [0.25, 0.3) is 21.1 Å². The van der Waals surface area contributed by atoms with Crippen LogP contribution in [0.3, 0.4) is 0 Å². The zero-order valence-electron chi connectivity index (χ0n) is 15.2. The number of para-hydroxylation sites is 1. The van der Waals surface area contributed by atoms with Gasteiger partial charge in [0.05, 0.1) is 28.0 Å². The number of halogens is 1. The van der Waals surface area contributed by atoms with Crippen LogP contribution in [0.4, 0.5) is 9.52 Å². The molecule has 0 aliphatic heterocycles. The number of anilines is 1. The Kier molecular flexibility index (Phi) is 4.29. The number of carbonyl (C=O) groups excluding carboxylic acids is 1. The number of hydrogen-bond donors (Lipinski definition) is 1. The van der Waals surface area contributed by atoms with E-state index in [-0.39, 0.29) is 18.3 Å². The van der Waals surface area contributed by atoms with E-state index in [4.69, 9.17) is 0 Å². The Balaban J connectivity index is 1.61. The van der Waals surface area contributed by atoms with Crippen LogP contribution < -0.4 is 4.90 Å². The molecule has 7 heteroatoms. The number of nitrogens with one attached hydrogen (secondary N) is 1. The minimum Gasteiger partial charge on any atom is -0.360 e. The zero-order valence-corrected chi connectivity index (χ0v) is 16.0. The van der Waals surface area contributed by atoms with Crippen LogP contribution in [-0.2, 0) is 6.54 Å². The molecule has 1 amide bonds. The minimum absolute atomic E-state index is 0.187. The number of benzene rings is 2. The summed E-state index contributed by atoms with van der Waals surface area (Å²) in [5, 5.41) is 1.35. The third-order valence-electron chi connectivity index (χ3n) is 4.68. The van der Waals surface area contributed by atoms with Crippen molar-refractivity contribution >= 4 is 43.5 Å². The fourth-order valence-corrected chi connectivity index (χ4v) is 4.26. The van der Waals surface area contributed by atoms with Gasteiger partial charge in [-0.1, -0.05) is 35.6 Å². The second-order valence-corrected chi connectivity index (χ2v) is 7.58. The van der Waals surface area contributed by atoms with E-state index in [1.165, 1.54) is 23.5 Å². The summed E-state index contributed by atoms with van der Waals surface area (Å²) in [6, 6.07) is 17.7. The predicted molar refractivity (Wildman–Crippen MR) is 113 cm³/mol. The van der Waals surface area contributed by atoms with Gasteiger partial charge in [0.1, 0.15) is 5.82 Å². The van der Waals surface area contributed by atoms with Gasteiger partial charge in [0.2, 0.25) is 0 Å². The number of H-pyrrole nitrogens is 1. The molecule has 5 nitrogen and oxygen atoms in total. The molecule has 0 saturated carbocycles. The van der Waals surface area contributed by atoms with E-state index in [2.05, 4.69) is 15.0 Å². The van der Waals surface area contributed by atoms with E-state index < -0.39 is 0 Å². The summed E-state index contributed by atoms with van der Waals surface area (Å²) in [7, 11) is 0. The number of aromatic amines is 1. The van der Waals surface area contributed by atoms with Crippen molar-refractivity contribution in [3.63, 3.8) is 0 Å². The largest absolute Gasteiger partial charge is 0.360 e. The van der Waals surface area contributed by atoms with Gasteiger partial charge in [-0.05, 0) is 36.4 Å². The summed E-state index contributed by atoms with van der Waals surface area (Å²) >= 11 is 1.29. The van der Waals surface area contributed by atoms with Crippen molar-refractivity contribution in [1.82, 2.24) is 15.0 Å². The van der Waals surface area contributed by atoms with Crippen LogP contribution in [0.15, 0.2) is 73.1 Å². The number of aromatic nitrogens is 3. The third kappa shape index (κ3) is 3.25. The lowest BCUT2D eigenvalue weighted by Crippen LogP contribution is -2.30. The maximum Gasteiger partial charge on any atom is 0.262 e. The molecule has 142 valence electrons. The van der Waals surface area contributed by atoms with Crippen LogP contribution in [0.5, 0.6) is 0 Å². The SMILES string of the molecule is O=C(c1c[nH]c2ccccc12)N(Cc1ccccn1)c1nc2ccc(F)cc2s1. The number of hydrogen-bond acceptors (Lipinski definition) is 4. The Labute approximate surface area is 169 Å². The fourth-order valence-electron chi connectivity index (χ4n) is 3.28. The number of rotatable bonds is 4. The van der Waals surface area contributed by atoms with Gasteiger partial charge >= 0.3 is 0 Å². The standard InChI is InChI=1S/C22H15FN4OS/c23-14-8-9-19-20(11-14)29-22(26-19)27(13-15-5-3-4-10-24-15)21(28)17-12-25-18-7-2-1-6-16(17)18/h1-12,25H,13H2. The fraction of sp³-hybridized carbons (Fsp3) is 0.0455. The van der Waals surface area contributed by atoms with Crippen molar-refractivity contribution in [3.8, 4) is 0 Å². The van der Waals surface area contributed by atoms with Gasteiger partial charge in [0, 0.05) is 23.3 Å². The highest BCUT2D eigenvalue weighted by Gasteiger charge is 2.24. The Bertz CT molecular complexity index is 1330. The number of thiazole rings is 1. The number of nitrogens with zero attached hydrogens (tertiary/aromatic N) is 3. The van der Waals surface area contributed by atoms with Crippen molar-refractivity contribution < 1.29 is 9.18 Å². The summed E-state index contributed by atoms with van der Waals surface area (Å²) in [4.78, 5) is 27.2. The Morgan fingerprint density at radius 3 is 2.83 bits per heavy atom. The van der Waals surface area contributed by atoms with Gasteiger partial charge < -0.3 is 4.98 Å². The van der Waals surface area contributed by atoms with Crippen molar-refractivity contribution in [1.29, 1.82) is 0 Å². The molecule has 0 aliphatic rings. The summed E-state index contributed by atoms with van der Waals surface area (Å²) in [6.07, 6.45) is 3.41. The van der Waals surface area contributed by atoms with E-state index in [1.807, 2.05) is 42.5 Å². The van der Waals surface area contributed by atoms with Gasteiger partial charge in [-0.25, -0.2) is 9.37 Å². The summed E-state index contributed by atoms with van der Waals surface area (Å²) < 4.78 is 14.3. The summed E-state index contributed by atoms with van der Waals surface area (Å²) in [5.74, 6) is -0.514. The number of amides is 1. The quantitative estimate of drug-likeness (QED) is 0.452. The van der Waals surface area contributed by atoms with Gasteiger partial charge in [-0.15, -0.1) is 0 Å². The first-order valence-corrected chi connectivity index (χ1v) is 9.85. The molecule has 0 atom stereocenters. The van der Waals surface area contributed by atoms with Crippen molar-refractivity contribution in [3.05, 3.63) is 90.1 Å². The Hall–Kier alpha value is -3.58. The van der Waals surface area contributed by atoms with E-state index in [1.54, 1.807) is 23.4 Å². The molecule has 5 rings (SSSR count). The highest BCUT2D eigenvalue weighted by Crippen LogP contribution is 2.32. The van der Waals surface area contributed by atoms with Gasteiger partial charge in [-0.2, -0.15) is 0 Å². The molecule has 2 aromatic carbocycles. The highest BCUT2D eigenvalue weighted by molar-refractivity contribution is 7.22. The monoisotopic (exact) mass is 402 g/mol. The van der Waals surface area contributed by atoms with Gasteiger partial charge in [-0.3, -0.25) is 14.7 Å². The second kappa shape index (κ2) is 7.10. The molecular weight excluding hydrogens is 387 g/mol. The number of fused-ring (bicyclic) bond motifs is 2. The predicted octanol–water partition coefficient (Wildman–Crippen LogP) is 5.16. The molecular formula is C22H15FN4OS. The van der Waals surface area contributed by atoms with Crippen molar-refractivity contribution in [2.75, 3.05) is 4.90 Å². The molecule has 0 saturated heterocycles. The average Bonchev–Trinajstić information content (AvgIpc) is 3.36. The first kappa shape index (κ1) is 17.5. The molecule has 1 N–H and O–H groups in total. The van der Waals surface area contributed by atoms with E-state index in [9.17, 15) is 9.18 Å². The van der Waals surface area contributed by atoms with Gasteiger partial charge in [0.25, 0.3) is 5.91 Å². The van der Waals surface area contributed by atoms with Crippen LogP contribution in [0.2, 0.25) is 0 Å². The molecule has 3 aromatic heterocycles. The first-order chi connectivity index (χ1) is 14.2. The molecule has 0 radical (unpaired) electrons. The van der Waals surface area contributed by atoms with E-state index in [0.29, 0.717) is 20.9 Å². The number of pyridine rings is 1. The lowest BCUT2D eigenvalue weighted by molar-refractivity contribution is 0.0986. The lowest BCUT2D eigenvalue weighted by Gasteiger charge is -2.19.